The fraction of sp³-hybridized carbons (Fsp3) is 0.222. The average Bonchev–Trinajstić information content (AvgIpc) is 3.33. The third-order valence-electron chi connectivity index (χ3n) is 5.86. The summed E-state index contributed by atoms with van der Waals surface area (Å²) in [7, 11) is 1.61. The zero-order chi connectivity index (χ0) is 24.9. The molecular formula is C27H23ClN4O3. The number of amidine groups is 1. The first-order valence-electron chi connectivity index (χ1n) is 11.0. The molecule has 1 unspecified atom stereocenters. The molecule has 0 bridgehead atoms. The van der Waals surface area contributed by atoms with Crippen molar-refractivity contribution >= 4 is 28.9 Å². The van der Waals surface area contributed by atoms with E-state index >= 15 is 0 Å². The number of pyridine rings is 1. The van der Waals surface area contributed by atoms with Crippen LogP contribution in [0.4, 0.5) is 0 Å². The standard InChI is InChI=1S/C27H23ClN4O3/c1-17(32-10-9-20(12-27(32)34)23-13-22(28)8-7-21(23)14-29)25(33)11-18-3-5-19(6-4-18)24-15-30-26(31-24)16-35-2/h3-10,12-13,17H,11,15-16H2,1-2H3. The quantitative estimate of drug-likeness (QED) is 0.475. The van der Waals surface area contributed by atoms with Gasteiger partial charge >= 0.3 is 0 Å². The maximum absolute atomic E-state index is 12.9. The SMILES string of the molecule is COCC1=NCC(c2ccc(CC(=O)C(C)n3ccc(-c4cc(Cl)ccc4C#N)cc3=O)cc2)=N1. The molecule has 0 radical (unpaired) electrons. The Balaban J connectivity index is 1.47. The molecule has 0 spiro atoms. The van der Waals surface area contributed by atoms with Crippen LogP contribution in [0.25, 0.3) is 11.1 Å². The Morgan fingerprint density at radius 1 is 1.17 bits per heavy atom. The Morgan fingerprint density at radius 2 is 1.94 bits per heavy atom. The monoisotopic (exact) mass is 486 g/mol. The van der Waals surface area contributed by atoms with Gasteiger partial charge in [0.15, 0.2) is 5.78 Å². The van der Waals surface area contributed by atoms with Crippen LogP contribution in [0.2, 0.25) is 5.02 Å². The Labute approximate surface area is 208 Å². The van der Waals surface area contributed by atoms with Gasteiger partial charge in [-0.3, -0.25) is 14.6 Å². The van der Waals surface area contributed by atoms with Gasteiger partial charge in [0.05, 0.1) is 29.9 Å². The van der Waals surface area contributed by atoms with Crippen molar-refractivity contribution in [2.75, 3.05) is 20.3 Å². The number of rotatable bonds is 8. The second-order valence-electron chi connectivity index (χ2n) is 8.20. The van der Waals surface area contributed by atoms with Gasteiger partial charge < -0.3 is 9.30 Å². The number of aromatic nitrogens is 1. The van der Waals surface area contributed by atoms with Gasteiger partial charge in [-0.1, -0.05) is 35.9 Å². The van der Waals surface area contributed by atoms with E-state index in [1.54, 1.807) is 44.5 Å². The molecule has 0 N–H and O–H groups in total. The van der Waals surface area contributed by atoms with E-state index in [9.17, 15) is 14.9 Å². The Bertz CT molecular complexity index is 1430. The van der Waals surface area contributed by atoms with Crippen molar-refractivity contribution in [2.24, 2.45) is 9.98 Å². The molecule has 176 valence electrons. The molecule has 0 saturated heterocycles. The molecule has 3 aromatic rings. The van der Waals surface area contributed by atoms with E-state index in [0.29, 0.717) is 40.7 Å². The Kier molecular flexibility index (Phi) is 7.35. The summed E-state index contributed by atoms with van der Waals surface area (Å²) in [5.74, 6) is 0.586. The number of Topliss-reactive ketones (excluding diaryl/α,β-unsaturated/α-hetero) is 1. The van der Waals surface area contributed by atoms with Crippen LogP contribution in [0.5, 0.6) is 0 Å². The van der Waals surface area contributed by atoms with E-state index in [-0.39, 0.29) is 17.8 Å². The number of hydrogen-bond donors (Lipinski definition) is 0. The van der Waals surface area contributed by atoms with Crippen molar-refractivity contribution in [2.45, 2.75) is 19.4 Å². The third-order valence-corrected chi connectivity index (χ3v) is 6.09. The predicted octanol–water partition coefficient (Wildman–Crippen LogP) is 4.26. The second-order valence-corrected chi connectivity index (χ2v) is 8.64. The first-order valence-corrected chi connectivity index (χ1v) is 11.4. The molecule has 4 rings (SSSR count). The molecule has 35 heavy (non-hydrogen) atoms. The fourth-order valence-corrected chi connectivity index (χ4v) is 4.08. The smallest absolute Gasteiger partial charge is 0.251 e. The molecule has 1 aliphatic heterocycles. The molecule has 2 aromatic carbocycles. The normalized spacial score (nSPS) is 13.7. The number of benzene rings is 2. The minimum Gasteiger partial charge on any atom is -0.377 e. The Hall–Kier alpha value is -3.86. The number of ether oxygens (including phenoxy) is 1. The van der Waals surface area contributed by atoms with Crippen molar-refractivity contribution in [3.05, 3.63) is 92.9 Å². The predicted molar refractivity (Wildman–Crippen MR) is 136 cm³/mol. The van der Waals surface area contributed by atoms with Gasteiger partial charge in [-0.15, -0.1) is 0 Å². The van der Waals surface area contributed by atoms with Gasteiger partial charge in [-0.2, -0.15) is 5.26 Å². The highest BCUT2D eigenvalue weighted by Crippen LogP contribution is 2.26. The molecule has 1 aliphatic rings. The number of halogens is 1. The van der Waals surface area contributed by atoms with E-state index in [2.05, 4.69) is 16.1 Å². The van der Waals surface area contributed by atoms with Crippen molar-refractivity contribution in [3.63, 3.8) is 0 Å². The number of aliphatic imine (C=N–C) groups is 2. The van der Waals surface area contributed by atoms with Gasteiger partial charge in [0.2, 0.25) is 0 Å². The molecule has 7 nitrogen and oxygen atoms in total. The van der Waals surface area contributed by atoms with Crippen molar-refractivity contribution in [3.8, 4) is 17.2 Å². The minimum atomic E-state index is -0.643. The third kappa shape index (κ3) is 5.46. The van der Waals surface area contributed by atoms with Gasteiger partial charge in [0.1, 0.15) is 12.4 Å². The van der Waals surface area contributed by atoms with Gasteiger partial charge in [0.25, 0.3) is 5.56 Å². The molecule has 1 aromatic heterocycles. The van der Waals surface area contributed by atoms with E-state index in [0.717, 1.165) is 16.8 Å². The lowest BCUT2D eigenvalue weighted by Gasteiger charge is -2.15. The van der Waals surface area contributed by atoms with Crippen molar-refractivity contribution in [1.29, 1.82) is 5.26 Å². The number of nitriles is 1. The lowest BCUT2D eigenvalue weighted by atomic mass is 10.00. The lowest BCUT2D eigenvalue weighted by molar-refractivity contribution is -0.121. The van der Waals surface area contributed by atoms with Crippen LogP contribution in [0.3, 0.4) is 0 Å². The number of nitrogens with zero attached hydrogens (tertiary/aromatic N) is 4. The summed E-state index contributed by atoms with van der Waals surface area (Å²) in [6.07, 6.45) is 1.78. The van der Waals surface area contributed by atoms with Crippen LogP contribution >= 0.6 is 11.6 Å². The van der Waals surface area contributed by atoms with E-state index in [1.807, 2.05) is 24.3 Å². The van der Waals surface area contributed by atoms with Crippen LogP contribution < -0.4 is 5.56 Å². The summed E-state index contributed by atoms with van der Waals surface area (Å²) in [6.45, 7) is 2.60. The Morgan fingerprint density at radius 3 is 2.63 bits per heavy atom. The highest BCUT2D eigenvalue weighted by Gasteiger charge is 2.18. The molecule has 0 fully saturated rings. The number of methoxy groups -OCH3 is 1. The number of carbonyl (C=O) groups is 1. The largest absolute Gasteiger partial charge is 0.377 e. The average molecular weight is 487 g/mol. The van der Waals surface area contributed by atoms with Crippen LogP contribution in [0.1, 0.15) is 29.7 Å². The summed E-state index contributed by atoms with van der Waals surface area (Å²) in [5, 5.41) is 9.84. The van der Waals surface area contributed by atoms with Crippen LogP contribution in [0, 0.1) is 11.3 Å². The fourth-order valence-electron chi connectivity index (χ4n) is 3.90. The number of carbonyl (C=O) groups excluding carboxylic acids is 1. The zero-order valence-electron chi connectivity index (χ0n) is 19.4. The summed E-state index contributed by atoms with van der Waals surface area (Å²) < 4.78 is 6.47. The van der Waals surface area contributed by atoms with Crippen LogP contribution in [-0.2, 0) is 16.0 Å². The number of hydrogen-bond acceptors (Lipinski definition) is 6. The molecular weight excluding hydrogens is 464 g/mol. The first-order chi connectivity index (χ1) is 16.9. The molecule has 2 heterocycles. The topological polar surface area (TPSA) is 96.8 Å². The summed E-state index contributed by atoms with van der Waals surface area (Å²) in [4.78, 5) is 34.6. The maximum atomic E-state index is 12.9. The van der Waals surface area contributed by atoms with Gasteiger partial charge in [-0.25, -0.2) is 4.99 Å². The first kappa shape index (κ1) is 24.3. The minimum absolute atomic E-state index is 0.0861. The second kappa shape index (κ2) is 10.6. The van der Waals surface area contributed by atoms with E-state index in [1.165, 1.54) is 10.6 Å². The van der Waals surface area contributed by atoms with Gasteiger partial charge in [0, 0.05) is 36.4 Å². The highest BCUT2D eigenvalue weighted by molar-refractivity contribution is 6.31. The zero-order valence-corrected chi connectivity index (χ0v) is 20.1. The molecule has 0 saturated carbocycles. The summed E-state index contributed by atoms with van der Waals surface area (Å²) in [6, 6.07) is 17.2. The van der Waals surface area contributed by atoms with E-state index in [4.69, 9.17) is 16.3 Å². The highest BCUT2D eigenvalue weighted by atomic mass is 35.5. The molecule has 0 aliphatic carbocycles. The maximum Gasteiger partial charge on any atom is 0.251 e. The number of ketones is 1. The van der Waals surface area contributed by atoms with Crippen molar-refractivity contribution < 1.29 is 9.53 Å². The molecule has 1 atom stereocenters. The molecule has 8 heteroatoms. The lowest BCUT2D eigenvalue weighted by Crippen LogP contribution is -2.28. The summed E-state index contributed by atoms with van der Waals surface area (Å²) in [5.41, 5.74) is 3.92. The van der Waals surface area contributed by atoms with E-state index < -0.39 is 6.04 Å². The van der Waals surface area contributed by atoms with Gasteiger partial charge in [-0.05, 0) is 47.9 Å². The molecule has 0 amide bonds. The van der Waals surface area contributed by atoms with Crippen LogP contribution in [0.15, 0.2) is 75.6 Å². The summed E-state index contributed by atoms with van der Waals surface area (Å²) >= 11 is 6.07. The van der Waals surface area contributed by atoms with Crippen molar-refractivity contribution in [1.82, 2.24) is 4.57 Å². The van der Waals surface area contributed by atoms with Crippen LogP contribution in [-0.4, -0.2) is 42.2 Å².